The van der Waals surface area contributed by atoms with Crippen molar-refractivity contribution >= 4 is 35.2 Å². The molecule has 1 atom stereocenters. The number of alkyl halides is 2. The lowest BCUT2D eigenvalue weighted by atomic mass is 10.0. The third-order valence-electron chi connectivity index (χ3n) is 3.98. The number of rotatable bonds is 5. The third-order valence-corrected chi connectivity index (χ3v) is 4.17. The van der Waals surface area contributed by atoms with Gasteiger partial charge in [-0.1, -0.05) is 35.8 Å². The normalized spacial score (nSPS) is 32.9. The molecule has 1 saturated heterocycles. The molecule has 7 nitrogen and oxygen atoms in total. The summed E-state index contributed by atoms with van der Waals surface area (Å²) in [5.74, 6) is -13.8. The molecule has 2 N–H and O–H groups in total. The Morgan fingerprint density at radius 3 is 2.78 bits per heavy atom. The highest BCUT2D eigenvalue weighted by molar-refractivity contribution is 6.30. The van der Waals surface area contributed by atoms with Crippen molar-refractivity contribution in [2.75, 3.05) is 0 Å². The molecule has 1 fully saturated rings. The third kappa shape index (κ3) is 4.08. The molecule has 1 unspecified atom stereocenters. The molecule has 0 spiro atoms. The van der Waals surface area contributed by atoms with Crippen molar-refractivity contribution in [3.63, 3.8) is 0 Å². The minimum absolute atomic E-state index is 0.557. The molecule has 4 amide bonds. The summed E-state index contributed by atoms with van der Waals surface area (Å²) in [6, 6.07) is -13.2. The van der Waals surface area contributed by atoms with E-state index in [1.54, 1.807) is 0 Å². The smallest absolute Gasteiger partial charge is 0.346 e. The fourth-order valence-electron chi connectivity index (χ4n) is 2.50. The molecule has 2 heterocycles. The number of fused-ring (bicyclic) bond motifs is 1. The Balaban J connectivity index is 1.86. The van der Waals surface area contributed by atoms with Crippen LogP contribution in [0.3, 0.4) is 0 Å². The fourth-order valence-corrected chi connectivity index (χ4v) is 2.60. The average molecular weight is 478 g/mol. The van der Waals surface area contributed by atoms with Crippen LogP contribution in [0, 0.1) is 0 Å². The van der Waals surface area contributed by atoms with Crippen molar-refractivity contribution in [2.45, 2.75) is 37.7 Å². The van der Waals surface area contributed by atoms with Crippen LogP contribution < -0.4 is 10.6 Å². The molecule has 2 aromatic carbocycles. The molecule has 10 heteroatoms. The van der Waals surface area contributed by atoms with Crippen LogP contribution in [0.25, 0.3) is 0 Å². The van der Waals surface area contributed by atoms with Gasteiger partial charge in [0.25, 0.3) is 11.8 Å². The SMILES string of the molecule is [2H]c1c([2H])c(C(F)(F)C(=O)N([2H])Cc2c([2H])c([2H])c3c(c2[2H])C([2H])([2H])N(C2([2H])C(=O)N([2H])C(=O)C([2H])([2H])C2([2H])[2H])C3=O)c([2H])c([2H])c1Cl. The molecular weight excluding hydrogens is 444 g/mol. The second-order valence-corrected chi connectivity index (χ2v) is 6.44. The first-order valence-electron chi connectivity index (χ1n) is 16.3. The van der Waals surface area contributed by atoms with Crippen LogP contribution in [0.2, 0.25) is 7.85 Å². The summed E-state index contributed by atoms with van der Waals surface area (Å²) in [5.41, 5.74) is -5.39. The topological polar surface area (TPSA) is 95.6 Å². The van der Waals surface area contributed by atoms with Crippen LogP contribution in [0.5, 0.6) is 0 Å². The minimum Gasteiger partial charge on any atom is -0.346 e. The molecule has 32 heavy (non-hydrogen) atoms. The molecule has 0 bridgehead atoms. The van der Waals surface area contributed by atoms with Gasteiger partial charge < -0.3 is 10.2 Å². The van der Waals surface area contributed by atoms with Gasteiger partial charge in [-0.15, -0.1) is 0 Å². The van der Waals surface area contributed by atoms with Crippen molar-refractivity contribution in [1.29, 1.82) is 0 Å². The highest BCUT2D eigenvalue weighted by Gasteiger charge is 2.41. The maximum Gasteiger partial charge on any atom is 0.349 e. The summed E-state index contributed by atoms with van der Waals surface area (Å²) in [5, 5.41) is -2.27. The van der Waals surface area contributed by atoms with Crippen molar-refractivity contribution < 1.29 is 50.0 Å². The van der Waals surface area contributed by atoms with E-state index in [2.05, 4.69) is 0 Å². The van der Waals surface area contributed by atoms with Gasteiger partial charge in [0.15, 0.2) is 2.82 Å². The molecule has 0 saturated carbocycles. The summed E-state index contributed by atoms with van der Waals surface area (Å²) in [6.45, 7) is -5.31. The van der Waals surface area contributed by atoms with Crippen molar-refractivity contribution in [2.24, 2.45) is 0 Å². The summed E-state index contributed by atoms with van der Waals surface area (Å²) in [6.07, 6.45) is -8.01. The molecule has 2 aliphatic rings. The Hall–Kier alpha value is -3.33. The number of amides is 4. The molecule has 0 radical (unpaired) electrons. The van der Waals surface area contributed by atoms with Crippen molar-refractivity contribution in [3.8, 4) is 0 Å². The van der Waals surface area contributed by atoms with Gasteiger partial charge in [-0.25, -0.2) is 0 Å². The van der Waals surface area contributed by atoms with Crippen molar-refractivity contribution in [3.05, 3.63) is 69.6 Å². The van der Waals surface area contributed by atoms with Crippen LogP contribution >= 0.6 is 11.6 Å². The van der Waals surface area contributed by atoms with Gasteiger partial charge in [-0.2, -0.15) is 8.78 Å². The first-order valence-corrected chi connectivity index (χ1v) is 8.77. The lowest BCUT2D eigenvalue weighted by Crippen LogP contribution is -2.52. The monoisotopic (exact) mass is 477 g/mol. The molecule has 0 aliphatic carbocycles. The lowest BCUT2D eigenvalue weighted by molar-refractivity contribution is -0.147. The van der Waals surface area contributed by atoms with E-state index in [-0.39, 0.29) is 0 Å². The zero-order chi connectivity index (χ0) is 37.2. The van der Waals surface area contributed by atoms with Gasteiger partial charge >= 0.3 is 5.92 Å². The maximum absolute atomic E-state index is 15.4. The van der Waals surface area contributed by atoms with E-state index in [4.69, 9.17) is 33.6 Å². The maximum atomic E-state index is 15.4. The zero-order valence-corrected chi connectivity index (χ0v) is 16.1. The van der Waals surface area contributed by atoms with Gasteiger partial charge in [0.05, 0.1) is 13.7 Å². The summed E-state index contributed by atoms with van der Waals surface area (Å²) in [7, 11) is 0. The largest absolute Gasteiger partial charge is 0.349 e. The van der Waals surface area contributed by atoms with Crippen LogP contribution in [0.1, 0.15) is 59.0 Å². The predicted octanol–water partition coefficient (Wildman–Crippen LogP) is 2.51. The van der Waals surface area contributed by atoms with Gasteiger partial charge in [0.2, 0.25) is 11.8 Å². The molecule has 0 aromatic heterocycles. The van der Waals surface area contributed by atoms with Crippen molar-refractivity contribution in [1.82, 2.24) is 15.5 Å². The highest BCUT2D eigenvalue weighted by Crippen LogP contribution is 2.30. The van der Waals surface area contributed by atoms with Crippen LogP contribution in [-0.2, 0) is 33.3 Å². The van der Waals surface area contributed by atoms with Crippen LogP contribution in [0.15, 0.2) is 42.3 Å². The number of carbonyl (C=O) groups is 4. The Morgan fingerprint density at radius 2 is 2.06 bits per heavy atom. The fraction of sp³-hybridized carbons (Fsp3) is 0.273. The first-order chi connectivity index (χ1) is 21.6. The standard InChI is InChI=1S/C22H18ClF2N3O4/c23-15-4-2-14(3-5-15)22(24,25)21(32)26-10-12-1-6-16-13(9-12)11-28(20(16)31)17-7-8-18(29)27-19(17)30/h1-6,9,17H,7-8,10-11H2,(H,26,32)(H,27,29,30)/i1D,2D,3D,4D,5D,6D,7D2,8D2,9D,11D2,17D/hD2. The Bertz CT molecular complexity index is 1830. The minimum atomic E-state index is -4.98. The lowest BCUT2D eigenvalue weighted by Gasteiger charge is -2.29. The van der Waals surface area contributed by atoms with Gasteiger partial charge in [0.1, 0.15) is 6.02 Å². The Labute approximate surface area is 209 Å². The summed E-state index contributed by atoms with van der Waals surface area (Å²) < 4.78 is 160. The highest BCUT2D eigenvalue weighted by atomic mass is 35.5. The van der Waals surface area contributed by atoms with E-state index in [0.29, 0.717) is 0 Å². The van der Waals surface area contributed by atoms with Gasteiger partial charge in [-0.3, -0.25) is 24.5 Å². The number of nitrogens with one attached hydrogen (secondary N) is 2. The van der Waals surface area contributed by atoms with E-state index in [9.17, 15) is 19.2 Å². The Kier molecular flexibility index (Phi) is 2.51. The second kappa shape index (κ2) is 8.31. The van der Waals surface area contributed by atoms with Gasteiger partial charge in [0, 0.05) is 41.0 Å². The molecule has 2 aromatic rings. The van der Waals surface area contributed by atoms with Crippen LogP contribution in [0.4, 0.5) is 8.78 Å². The van der Waals surface area contributed by atoms with E-state index in [0.717, 1.165) is 0 Å². The summed E-state index contributed by atoms with van der Waals surface area (Å²) >= 11 is 5.60. The molecular formula is C22H18ClF2N3O4. The van der Waals surface area contributed by atoms with Gasteiger partial charge in [-0.05, 0) is 35.6 Å². The zero-order valence-electron chi connectivity index (χ0n) is 31.3. The summed E-state index contributed by atoms with van der Waals surface area (Å²) in [4.78, 5) is 51.0. The number of hydrogen-bond acceptors (Lipinski definition) is 4. The first kappa shape index (κ1) is 9.66. The number of hydrogen-bond donors (Lipinski definition) is 2. The number of piperidine rings is 1. The quantitative estimate of drug-likeness (QED) is 0.647. The average Bonchev–Trinajstić information content (AvgIpc) is 3.21. The molecule has 166 valence electrons. The number of imide groups is 1. The van der Waals surface area contributed by atoms with Crippen LogP contribution in [-0.4, -0.2) is 34.5 Å². The number of halogens is 3. The van der Waals surface area contributed by atoms with E-state index in [1.165, 1.54) is 0 Å². The number of nitrogens with zero attached hydrogens (tertiary/aromatic N) is 1. The number of benzene rings is 2. The molecule has 2 aliphatic heterocycles. The predicted molar refractivity (Wildman–Crippen MR) is 110 cm³/mol. The Morgan fingerprint density at radius 1 is 1.34 bits per heavy atom. The van der Waals surface area contributed by atoms with E-state index in [1.807, 2.05) is 0 Å². The number of carbonyl (C=O) groups excluding carboxylic acids is 4. The van der Waals surface area contributed by atoms with E-state index < -0.39 is 146 Å². The molecule has 4 rings (SSSR count). The van der Waals surface area contributed by atoms with E-state index >= 15 is 8.78 Å². The second-order valence-electron chi connectivity index (χ2n) is 6.06.